The van der Waals surface area contributed by atoms with E-state index in [0.29, 0.717) is 18.4 Å². The van der Waals surface area contributed by atoms with Gasteiger partial charge in [0.15, 0.2) is 5.96 Å². The number of aromatic nitrogens is 1. The number of alkyl halides is 3. The molecule has 1 aromatic heterocycles. The van der Waals surface area contributed by atoms with Crippen LogP contribution in [0.3, 0.4) is 0 Å². The number of nitrogens with zero attached hydrogens (tertiary/aromatic N) is 3. The fourth-order valence-corrected chi connectivity index (χ4v) is 2.93. The summed E-state index contributed by atoms with van der Waals surface area (Å²) >= 11 is 0. The minimum atomic E-state index is -4.49. The lowest BCUT2D eigenvalue weighted by Gasteiger charge is -2.26. The molecule has 0 radical (unpaired) electrons. The predicted molar refractivity (Wildman–Crippen MR) is 112 cm³/mol. The van der Waals surface area contributed by atoms with Crippen molar-refractivity contribution in [3.05, 3.63) is 23.9 Å². The SMILES string of the molecule is CN=C(NCCOc1ncccc1C(F)(F)F)N(C)CCC1CCOCC1.I. The molecule has 0 atom stereocenters. The molecule has 160 valence electrons. The first-order valence-corrected chi connectivity index (χ1v) is 9.06. The Morgan fingerprint density at radius 1 is 1.39 bits per heavy atom. The largest absolute Gasteiger partial charge is 0.475 e. The number of halogens is 4. The van der Waals surface area contributed by atoms with Crippen LogP contribution in [0.2, 0.25) is 0 Å². The molecule has 28 heavy (non-hydrogen) atoms. The van der Waals surface area contributed by atoms with E-state index in [0.717, 1.165) is 45.1 Å². The summed E-state index contributed by atoms with van der Waals surface area (Å²) in [7, 11) is 3.62. The van der Waals surface area contributed by atoms with Crippen molar-refractivity contribution < 1.29 is 22.6 Å². The first kappa shape index (κ1) is 24.7. The van der Waals surface area contributed by atoms with Crippen LogP contribution in [-0.2, 0) is 10.9 Å². The van der Waals surface area contributed by atoms with Crippen LogP contribution >= 0.6 is 24.0 Å². The van der Waals surface area contributed by atoms with Crippen LogP contribution < -0.4 is 10.1 Å². The van der Waals surface area contributed by atoms with Crippen LogP contribution in [0.1, 0.15) is 24.8 Å². The summed E-state index contributed by atoms with van der Waals surface area (Å²) < 4.78 is 49.3. The van der Waals surface area contributed by atoms with Gasteiger partial charge in [-0.15, -0.1) is 24.0 Å². The number of rotatable bonds is 7. The van der Waals surface area contributed by atoms with E-state index in [4.69, 9.17) is 9.47 Å². The zero-order valence-corrected chi connectivity index (χ0v) is 18.5. The van der Waals surface area contributed by atoms with E-state index in [9.17, 15) is 13.2 Å². The third kappa shape index (κ3) is 7.98. The van der Waals surface area contributed by atoms with Crippen LogP contribution in [0, 0.1) is 5.92 Å². The predicted octanol–water partition coefficient (Wildman–Crippen LogP) is 3.42. The van der Waals surface area contributed by atoms with Gasteiger partial charge in [-0.25, -0.2) is 4.98 Å². The van der Waals surface area contributed by atoms with E-state index in [1.54, 1.807) is 7.05 Å². The minimum Gasteiger partial charge on any atom is -0.475 e. The summed E-state index contributed by atoms with van der Waals surface area (Å²) in [5, 5.41) is 3.10. The quantitative estimate of drug-likeness (QED) is 0.261. The van der Waals surface area contributed by atoms with Gasteiger partial charge in [0.1, 0.15) is 12.2 Å². The van der Waals surface area contributed by atoms with E-state index in [-0.39, 0.29) is 30.6 Å². The normalized spacial score (nSPS) is 15.7. The number of hydrogen-bond acceptors (Lipinski definition) is 4. The molecule has 1 aliphatic heterocycles. The Bertz CT molecular complexity index is 611. The second kappa shape index (κ2) is 12.3. The molecule has 10 heteroatoms. The van der Waals surface area contributed by atoms with Gasteiger partial charge in [-0.3, -0.25) is 4.99 Å². The maximum absolute atomic E-state index is 12.9. The van der Waals surface area contributed by atoms with E-state index in [1.807, 2.05) is 11.9 Å². The van der Waals surface area contributed by atoms with Crippen LogP contribution in [0.15, 0.2) is 23.3 Å². The van der Waals surface area contributed by atoms with Crippen molar-refractivity contribution in [2.75, 3.05) is 47.0 Å². The highest BCUT2D eigenvalue weighted by molar-refractivity contribution is 14.0. The van der Waals surface area contributed by atoms with Gasteiger partial charge in [-0.05, 0) is 37.3 Å². The Morgan fingerprint density at radius 3 is 2.75 bits per heavy atom. The molecule has 1 saturated heterocycles. The fraction of sp³-hybridized carbons (Fsp3) is 0.667. The van der Waals surface area contributed by atoms with Crippen molar-refractivity contribution >= 4 is 29.9 Å². The van der Waals surface area contributed by atoms with Gasteiger partial charge >= 0.3 is 6.18 Å². The number of aliphatic imine (C=N–C) groups is 1. The maximum Gasteiger partial charge on any atom is 0.421 e. The lowest BCUT2D eigenvalue weighted by molar-refractivity contribution is -0.139. The summed E-state index contributed by atoms with van der Waals surface area (Å²) in [6, 6.07) is 2.20. The fourth-order valence-electron chi connectivity index (χ4n) is 2.93. The van der Waals surface area contributed by atoms with Crippen LogP contribution in [0.25, 0.3) is 0 Å². The molecule has 2 rings (SSSR count). The van der Waals surface area contributed by atoms with Crippen LogP contribution in [0.4, 0.5) is 13.2 Å². The Hall–Kier alpha value is -1.30. The number of nitrogens with one attached hydrogen (secondary N) is 1. The summed E-state index contributed by atoms with van der Waals surface area (Å²) in [4.78, 5) is 9.90. The monoisotopic (exact) mass is 516 g/mol. The summed E-state index contributed by atoms with van der Waals surface area (Å²) in [5.74, 6) is 0.935. The zero-order chi connectivity index (χ0) is 19.7. The third-order valence-corrected chi connectivity index (χ3v) is 4.49. The molecule has 1 aromatic rings. The van der Waals surface area contributed by atoms with Crippen LogP contribution in [0.5, 0.6) is 5.88 Å². The number of hydrogen-bond donors (Lipinski definition) is 1. The lowest BCUT2D eigenvalue weighted by atomic mass is 9.96. The van der Waals surface area contributed by atoms with Gasteiger partial charge in [0.25, 0.3) is 0 Å². The summed E-state index contributed by atoms with van der Waals surface area (Å²) in [5.41, 5.74) is -0.872. The maximum atomic E-state index is 12.9. The third-order valence-electron chi connectivity index (χ3n) is 4.49. The van der Waals surface area contributed by atoms with Crippen molar-refractivity contribution in [1.29, 1.82) is 0 Å². The molecule has 0 unspecified atom stereocenters. The second-order valence-electron chi connectivity index (χ2n) is 6.44. The number of pyridine rings is 1. The molecule has 1 aliphatic rings. The molecule has 0 aliphatic carbocycles. The van der Waals surface area contributed by atoms with E-state index >= 15 is 0 Å². The van der Waals surface area contributed by atoms with Gasteiger partial charge in [-0.1, -0.05) is 0 Å². The molecule has 6 nitrogen and oxygen atoms in total. The molecule has 0 amide bonds. The van der Waals surface area contributed by atoms with E-state index in [1.165, 1.54) is 12.3 Å². The Kier molecular flexibility index (Phi) is 10.9. The van der Waals surface area contributed by atoms with Gasteiger partial charge in [0.2, 0.25) is 5.88 Å². The van der Waals surface area contributed by atoms with Crippen molar-refractivity contribution in [3.8, 4) is 5.88 Å². The molecule has 0 spiro atoms. The van der Waals surface area contributed by atoms with Gasteiger partial charge < -0.3 is 19.7 Å². The van der Waals surface area contributed by atoms with Crippen LogP contribution in [-0.4, -0.2) is 62.8 Å². The smallest absolute Gasteiger partial charge is 0.421 e. The average Bonchev–Trinajstić information content (AvgIpc) is 2.66. The van der Waals surface area contributed by atoms with Gasteiger partial charge in [0.05, 0.1) is 6.54 Å². The molecule has 2 heterocycles. The lowest BCUT2D eigenvalue weighted by Crippen LogP contribution is -2.41. The number of guanidine groups is 1. The summed E-state index contributed by atoms with van der Waals surface area (Å²) in [6.45, 7) is 2.87. The molecule has 1 N–H and O–H groups in total. The summed E-state index contributed by atoms with van der Waals surface area (Å²) in [6.07, 6.45) is 0.0109. The van der Waals surface area contributed by atoms with Crippen molar-refractivity contribution in [1.82, 2.24) is 15.2 Å². The highest BCUT2D eigenvalue weighted by Gasteiger charge is 2.35. The number of ether oxygens (including phenoxy) is 2. The molecule has 0 aromatic carbocycles. The molecule has 0 bridgehead atoms. The first-order valence-electron chi connectivity index (χ1n) is 9.06. The average molecular weight is 516 g/mol. The Morgan fingerprint density at radius 2 is 2.11 bits per heavy atom. The molecular weight excluding hydrogens is 488 g/mol. The van der Waals surface area contributed by atoms with Crippen molar-refractivity contribution in [2.45, 2.75) is 25.4 Å². The zero-order valence-electron chi connectivity index (χ0n) is 16.2. The topological polar surface area (TPSA) is 59.0 Å². The molecule has 0 saturated carbocycles. The van der Waals surface area contributed by atoms with Gasteiger partial charge in [-0.2, -0.15) is 13.2 Å². The van der Waals surface area contributed by atoms with Crippen molar-refractivity contribution in [3.63, 3.8) is 0 Å². The standard InChI is InChI=1S/C18H27F3N4O2.HI/c1-22-17(25(2)10-5-14-6-11-26-12-7-14)24-9-13-27-16-15(18(19,20)21)4-3-8-23-16;/h3-4,8,14H,5-7,9-13H2,1-2H3,(H,22,24);1H. The molecule has 1 fully saturated rings. The second-order valence-corrected chi connectivity index (χ2v) is 6.44. The Balaban J connectivity index is 0.00000392. The molecular formula is C18H28F3IN4O2. The van der Waals surface area contributed by atoms with Gasteiger partial charge in [0, 0.05) is 40.1 Å². The van der Waals surface area contributed by atoms with E-state index in [2.05, 4.69) is 15.3 Å². The minimum absolute atomic E-state index is 0. The van der Waals surface area contributed by atoms with Crippen molar-refractivity contribution in [2.24, 2.45) is 10.9 Å². The Labute approximate surface area is 180 Å². The highest BCUT2D eigenvalue weighted by Crippen LogP contribution is 2.34. The first-order chi connectivity index (χ1) is 12.9. The van der Waals surface area contributed by atoms with E-state index < -0.39 is 17.6 Å². The highest BCUT2D eigenvalue weighted by atomic mass is 127.